The number of aryl methyl sites for hydroxylation is 1. The number of nitrogens with zero attached hydrogens (tertiary/aromatic N) is 2. The van der Waals surface area contributed by atoms with Gasteiger partial charge in [-0.2, -0.15) is 0 Å². The van der Waals surface area contributed by atoms with Gasteiger partial charge in [0.1, 0.15) is 5.75 Å². The summed E-state index contributed by atoms with van der Waals surface area (Å²) in [5.74, 6) is 1.25. The second-order valence-electron chi connectivity index (χ2n) is 4.45. The minimum Gasteiger partial charge on any atom is -0.493 e. The van der Waals surface area contributed by atoms with Crippen molar-refractivity contribution in [2.45, 2.75) is 12.3 Å². The standard InChI is InChI=1S/C14H14N2O2/c1-16-8-7-15-14(16)13(17)11-6-9-18-12-5-3-2-4-10(11)12/h2-5,7-8,11H,6,9H2,1H3. The topological polar surface area (TPSA) is 44.1 Å². The molecule has 0 aliphatic carbocycles. The molecular formula is C14H14N2O2. The SMILES string of the molecule is Cn1ccnc1C(=O)C1CCOc2ccccc21. The molecule has 0 N–H and O–H groups in total. The molecule has 1 atom stereocenters. The molecule has 4 heteroatoms. The van der Waals surface area contributed by atoms with Crippen LogP contribution in [0.2, 0.25) is 0 Å². The zero-order valence-corrected chi connectivity index (χ0v) is 10.2. The molecule has 4 nitrogen and oxygen atoms in total. The van der Waals surface area contributed by atoms with Gasteiger partial charge in [0, 0.05) is 25.0 Å². The van der Waals surface area contributed by atoms with Gasteiger partial charge in [0.15, 0.2) is 5.82 Å². The number of hydrogen-bond donors (Lipinski definition) is 0. The lowest BCUT2D eigenvalue weighted by atomic mass is 9.89. The van der Waals surface area contributed by atoms with Crippen LogP contribution in [0.5, 0.6) is 5.75 Å². The molecular weight excluding hydrogens is 228 g/mol. The first-order chi connectivity index (χ1) is 8.77. The van der Waals surface area contributed by atoms with Crippen LogP contribution >= 0.6 is 0 Å². The molecule has 1 aliphatic heterocycles. The summed E-state index contributed by atoms with van der Waals surface area (Å²) >= 11 is 0. The van der Waals surface area contributed by atoms with Crippen molar-refractivity contribution in [1.29, 1.82) is 0 Å². The predicted molar refractivity (Wildman–Crippen MR) is 66.8 cm³/mol. The van der Waals surface area contributed by atoms with Crippen LogP contribution in [0.1, 0.15) is 28.5 Å². The van der Waals surface area contributed by atoms with Gasteiger partial charge in [-0.15, -0.1) is 0 Å². The maximum atomic E-state index is 12.5. The number of hydrogen-bond acceptors (Lipinski definition) is 3. The summed E-state index contributed by atoms with van der Waals surface area (Å²) in [5.41, 5.74) is 0.969. The second kappa shape index (κ2) is 4.29. The molecule has 0 fully saturated rings. The normalized spacial score (nSPS) is 17.9. The molecule has 18 heavy (non-hydrogen) atoms. The number of ether oxygens (including phenoxy) is 1. The van der Waals surface area contributed by atoms with Gasteiger partial charge in [0.25, 0.3) is 0 Å². The summed E-state index contributed by atoms with van der Waals surface area (Å²) < 4.78 is 7.34. The molecule has 0 radical (unpaired) electrons. The van der Waals surface area contributed by atoms with Crippen LogP contribution in [0.4, 0.5) is 0 Å². The molecule has 1 aromatic carbocycles. The number of imidazole rings is 1. The maximum absolute atomic E-state index is 12.5. The van der Waals surface area contributed by atoms with Gasteiger partial charge in [-0.25, -0.2) is 4.98 Å². The highest BCUT2D eigenvalue weighted by Gasteiger charge is 2.30. The van der Waals surface area contributed by atoms with E-state index in [0.717, 1.165) is 11.3 Å². The number of rotatable bonds is 2. The average Bonchev–Trinajstić information content (AvgIpc) is 2.83. The monoisotopic (exact) mass is 242 g/mol. The molecule has 1 aliphatic rings. The number of para-hydroxylation sites is 1. The van der Waals surface area contributed by atoms with E-state index in [1.54, 1.807) is 17.0 Å². The smallest absolute Gasteiger partial charge is 0.205 e. The van der Waals surface area contributed by atoms with E-state index in [1.165, 1.54) is 0 Å². The molecule has 0 saturated heterocycles. The lowest BCUT2D eigenvalue weighted by Crippen LogP contribution is -2.23. The summed E-state index contributed by atoms with van der Waals surface area (Å²) in [6, 6.07) is 7.73. The Balaban J connectivity index is 2.00. The van der Waals surface area contributed by atoms with E-state index >= 15 is 0 Å². The summed E-state index contributed by atoms with van der Waals surface area (Å²) in [7, 11) is 1.84. The highest BCUT2D eigenvalue weighted by atomic mass is 16.5. The minimum absolute atomic E-state index is 0.0678. The molecule has 3 rings (SSSR count). The lowest BCUT2D eigenvalue weighted by molar-refractivity contribution is 0.0919. The Bertz CT molecular complexity index is 589. The Morgan fingerprint density at radius 1 is 1.44 bits per heavy atom. The third-order valence-corrected chi connectivity index (χ3v) is 3.32. The highest BCUT2D eigenvalue weighted by molar-refractivity contribution is 5.98. The van der Waals surface area contributed by atoms with Crippen LogP contribution in [0.3, 0.4) is 0 Å². The second-order valence-corrected chi connectivity index (χ2v) is 4.45. The van der Waals surface area contributed by atoms with Crippen molar-refractivity contribution in [3.63, 3.8) is 0 Å². The Kier molecular flexibility index (Phi) is 2.63. The van der Waals surface area contributed by atoms with Gasteiger partial charge in [0.05, 0.1) is 12.5 Å². The predicted octanol–water partition coefficient (Wildman–Crippen LogP) is 2.17. The molecule has 0 bridgehead atoms. The van der Waals surface area contributed by atoms with Crippen LogP contribution in [0.15, 0.2) is 36.7 Å². The number of ketones is 1. The van der Waals surface area contributed by atoms with Crippen LogP contribution < -0.4 is 4.74 Å². The molecule has 92 valence electrons. The number of aromatic nitrogens is 2. The van der Waals surface area contributed by atoms with Crippen molar-refractivity contribution in [2.24, 2.45) is 7.05 Å². The highest BCUT2D eigenvalue weighted by Crippen LogP contribution is 2.35. The molecule has 0 amide bonds. The van der Waals surface area contributed by atoms with E-state index in [4.69, 9.17) is 4.74 Å². The first-order valence-corrected chi connectivity index (χ1v) is 6.00. The first kappa shape index (κ1) is 11.0. The molecule has 2 heterocycles. The van der Waals surface area contributed by atoms with Crippen molar-refractivity contribution < 1.29 is 9.53 Å². The van der Waals surface area contributed by atoms with E-state index in [9.17, 15) is 4.79 Å². The summed E-state index contributed by atoms with van der Waals surface area (Å²) in [4.78, 5) is 16.6. The average molecular weight is 242 g/mol. The van der Waals surface area contributed by atoms with Crippen molar-refractivity contribution in [1.82, 2.24) is 9.55 Å². The van der Waals surface area contributed by atoms with E-state index < -0.39 is 0 Å². The van der Waals surface area contributed by atoms with Crippen molar-refractivity contribution in [3.05, 3.63) is 48.0 Å². The van der Waals surface area contributed by atoms with Gasteiger partial charge in [-0.1, -0.05) is 18.2 Å². The van der Waals surface area contributed by atoms with Gasteiger partial charge in [0.2, 0.25) is 5.78 Å². The van der Waals surface area contributed by atoms with Crippen LogP contribution in [0.25, 0.3) is 0 Å². The van der Waals surface area contributed by atoms with Crippen LogP contribution in [-0.2, 0) is 7.05 Å². The van der Waals surface area contributed by atoms with E-state index in [1.807, 2.05) is 31.3 Å². The van der Waals surface area contributed by atoms with Gasteiger partial charge in [-0.3, -0.25) is 4.79 Å². The zero-order valence-electron chi connectivity index (χ0n) is 10.2. The Morgan fingerprint density at radius 2 is 2.28 bits per heavy atom. The third kappa shape index (κ3) is 1.70. The Labute approximate surface area is 105 Å². The number of carbonyl (C=O) groups is 1. The molecule has 2 aromatic rings. The maximum Gasteiger partial charge on any atom is 0.205 e. The molecule has 0 saturated carbocycles. The zero-order chi connectivity index (χ0) is 12.5. The van der Waals surface area contributed by atoms with Gasteiger partial charge < -0.3 is 9.30 Å². The van der Waals surface area contributed by atoms with Crippen molar-refractivity contribution in [3.8, 4) is 5.75 Å². The van der Waals surface area contributed by atoms with Crippen molar-refractivity contribution in [2.75, 3.05) is 6.61 Å². The Morgan fingerprint density at radius 3 is 3.06 bits per heavy atom. The van der Waals surface area contributed by atoms with E-state index in [2.05, 4.69) is 4.98 Å². The van der Waals surface area contributed by atoms with Crippen LogP contribution in [0, 0.1) is 0 Å². The number of carbonyl (C=O) groups excluding carboxylic acids is 1. The summed E-state index contributed by atoms with van der Waals surface area (Å²) in [6.45, 7) is 0.581. The minimum atomic E-state index is -0.143. The fraction of sp³-hybridized carbons (Fsp3) is 0.286. The lowest BCUT2D eigenvalue weighted by Gasteiger charge is -2.24. The third-order valence-electron chi connectivity index (χ3n) is 3.32. The molecule has 1 unspecified atom stereocenters. The van der Waals surface area contributed by atoms with E-state index in [0.29, 0.717) is 18.9 Å². The molecule has 1 aromatic heterocycles. The van der Waals surface area contributed by atoms with Gasteiger partial charge in [-0.05, 0) is 12.5 Å². The molecule has 0 spiro atoms. The van der Waals surface area contributed by atoms with E-state index in [-0.39, 0.29) is 11.7 Å². The van der Waals surface area contributed by atoms with Crippen molar-refractivity contribution >= 4 is 5.78 Å². The number of Topliss-reactive ketones (excluding diaryl/α,β-unsaturated/α-hetero) is 1. The largest absolute Gasteiger partial charge is 0.493 e. The summed E-state index contributed by atoms with van der Waals surface area (Å²) in [5, 5.41) is 0. The Hall–Kier alpha value is -2.10. The van der Waals surface area contributed by atoms with Gasteiger partial charge >= 0.3 is 0 Å². The summed E-state index contributed by atoms with van der Waals surface area (Å²) in [6.07, 6.45) is 4.15. The van der Waals surface area contributed by atoms with Crippen LogP contribution in [-0.4, -0.2) is 21.9 Å². The first-order valence-electron chi connectivity index (χ1n) is 6.00. The number of benzene rings is 1. The fourth-order valence-corrected chi connectivity index (χ4v) is 2.37. The fourth-order valence-electron chi connectivity index (χ4n) is 2.37. The quantitative estimate of drug-likeness (QED) is 0.758. The number of fused-ring (bicyclic) bond motifs is 1.